The number of aryl methyl sites for hydroxylation is 2. The lowest BCUT2D eigenvalue weighted by atomic mass is 9.95. The Morgan fingerprint density at radius 2 is 1.81 bits per heavy atom. The van der Waals surface area contributed by atoms with E-state index in [0.717, 1.165) is 36.8 Å². The Hall–Kier alpha value is -1.93. The summed E-state index contributed by atoms with van der Waals surface area (Å²) in [6.45, 7) is 2.77. The van der Waals surface area contributed by atoms with Crippen LogP contribution in [-0.4, -0.2) is 39.5 Å². The van der Waals surface area contributed by atoms with E-state index in [4.69, 9.17) is 4.74 Å². The molecule has 7 nitrogen and oxygen atoms in total. The first kappa shape index (κ1) is 20.4. The van der Waals surface area contributed by atoms with Crippen molar-refractivity contribution in [1.82, 2.24) is 10.0 Å². The van der Waals surface area contributed by atoms with Crippen LogP contribution in [0.2, 0.25) is 0 Å². The summed E-state index contributed by atoms with van der Waals surface area (Å²) in [5.74, 6) is -1.15. The van der Waals surface area contributed by atoms with Gasteiger partial charge >= 0.3 is 5.97 Å². The summed E-state index contributed by atoms with van der Waals surface area (Å²) >= 11 is 0. The molecule has 0 saturated heterocycles. The van der Waals surface area contributed by atoms with Gasteiger partial charge < -0.3 is 10.1 Å². The molecule has 144 valence electrons. The summed E-state index contributed by atoms with van der Waals surface area (Å²) in [6, 6.07) is 4.87. The summed E-state index contributed by atoms with van der Waals surface area (Å²) in [7, 11) is -3.81. The Morgan fingerprint density at radius 3 is 2.46 bits per heavy atom. The molecule has 1 fully saturated rings. The van der Waals surface area contributed by atoms with Gasteiger partial charge in [0.2, 0.25) is 10.0 Å². The van der Waals surface area contributed by atoms with Crippen LogP contribution in [0.15, 0.2) is 23.1 Å². The van der Waals surface area contributed by atoms with Crippen molar-refractivity contribution in [1.29, 1.82) is 0 Å². The molecular weight excluding hydrogens is 356 g/mol. The number of hydrogen-bond donors (Lipinski definition) is 2. The minimum absolute atomic E-state index is 0.0865. The summed E-state index contributed by atoms with van der Waals surface area (Å²) < 4.78 is 31.4. The maximum atomic E-state index is 12.2. The molecule has 2 N–H and O–H groups in total. The Labute approximate surface area is 154 Å². The number of benzene rings is 1. The standard InChI is InChI=1S/C18H26N2O5S/c1-13-8-9-16(10-14(13)2)26(23,24)19-11-18(22)25-12-17(21)20-15-6-4-3-5-7-15/h8-10,15,19H,3-7,11-12H2,1-2H3,(H,20,21). The zero-order valence-corrected chi connectivity index (χ0v) is 16.0. The molecular formula is C18H26N2O5S. The van der Waals surface area contributed by atoms with Gasteiger partial charge in [0.25, 0.3) is 5.91 Å². The molecule has 0 atom stereocenters. The zero-order valence-electron chi connectivity index (χ0n) is 15.2. The van der Waals surface area contributed by atoms with Crippen molar-refractivity contribution >= 4 is 21.9 Å². The molecule has 1 saturated carbocycles. The fraction of sp³-hybridized carbons (Fsp3) is 0.556. The first-order valence-corrected chi connectivity index (χ1v) is 10.3. The third-order valence-electron chi connectivity index (χ3n) is 4.53. The normalized spacial score (nSPS) is 15.5. The molecule has 26 heavy (non-hydrogen) atoms. The topological polar surface area (TPSA) is 102 Å². The van der Waals surface area contributed by atoms with E-state index < -0.39 is 29.1 Å². The Morgan fingerprint density at radius 1 is 1.12 bits per heavy atom. The number of rotatable bonds is 7. The van der Waals surface area contributed by atoms with Crippen molar-refractivity contribution in [3.05, 3.63) is 29.3 Å². The van der Waals surface area contributed by atoms with E-state index in [1.54, 1.807) is 12.1 Å². The summed E-state index contributed by atoms with van der Waals surface area (Å²) in [5.41, 5.74) is 1.82. The van der Waals surface area contributed by atoms with Crippen LogP contribution < -0.4 is 10.0 Å². The number of ether oxygens (including phenoxy) is 1. The molecule has 2 rings (SSSR count). The molecule has 1 aliphatic carbocycles. The van der Waals surface area contributed by atoms with E-state index in [1.807, 2.05) is 13.8 Å². The van der Waals surface area contributed by atoms with Crippen molar-refractivity contribution in [3.8, 4) is 0 Å². The number of nitrogens with one attached hydrogen (secondary N) is 2. The molecule has 0 heterocycles. The largest absolute Gasteiger partial charge is 0.455 e. The summed E-state index contributed by atoms with van der Waals surface area (Å²) in [6.07, 6.45) is 5.24. The van der Waals surface area contributed by atoms with Crippen LogP contribution in [0.1, 0.15) is 43.2 Å². The van der Waals surface area contributed by atoms with E-state index >= 15 is 0 Å². The van der Waals surface area contributed by atoms with Gasteiger partial charge in [-0.2, -0.15) is 4.72 Å². The first-order chi connectivity index (χ1) is 12.3. The maximum Gasteiger partial charge on any atom is 0.321 e. The molecule has 0 spiro atoms. The molecule has 0 unspecified atom stereocenters. The lowest BCUT2D eigenvalue weighted by molar-refractivity contribution is -0.147. The second kappa shape index (κ2) is 9.14. The van der Waals surface area contributed by atoms with Gasteiger partial charge in [0, 0.05) is 6.04 Å². The van der Waals surface area contributed by atoms with Gasteiger partial charge in [0.1, 0.15) is 6.54 Å². The fourth-order valence-corrected chi connectivity index (χ4v) is 3.89. The van der Waals surface area contributed by atoms with E-state index in [1.165, 1.54) is 12.5 Å². The number of sulfonamides is 1. The highest BCUT2D eigenvalue weighted by Crippen LogP contribution is 2.17. The summed E-state index contributed by atoms with van der Waals surface area (Å²) in [4.78, 5) is 23.6. The third-order valence-corrected chi connectivity index (χ3v) is 5.93. The van der Waals surface area contributed by atoms with Gasteiger partial charge in [0.15, 0.2) is 6.61 Å². The molecule has 1 amide bonds. The van der Waals surface area contributed by atoms with Gasteiger partial charge in [-0.15, -0.1) is 0 Å². The lowest BCUT2D eigenvalue weighted by Crippen LogP contribution is -2.39. The fourth-order valence-electron chi connectivity index (χ4n) is 2.83. The number of amides is 1. The number of carbonyl (C=O) groups excluding carboxylic acids is 2. The second-order valence-corrected chi connectivity index (χ2v) is 8.40. The highest BCUT2D eigenvalue weighted by Gasteiger charge is 2.19. The van der Waals surface area contributed by atoms with E-state index in [9.17, 15) is 18.0 Å². The van der Waals surface area contributed by atoms with Crippen LogP contribution >= 0.6 is 0 Å². The highest BCUT2D eigenvalue weighted by atomic mass is 32.2. The van der Waals surface area contributed by atoms with Gasteiger partial charge in [-0.1, -0.05) is 25.3 Å². The zero-order chi connectivity index (χ0) is 19.2. The molecule has 1 aliphatic rings. The van der Waals surface area contributed by atoms with Gasteiger partial charge in [-0.25, -0.2) is 8.42 Å². The quantitative estimate of drug-likeness (QED) is 0.697. The highest BCUT2D eigenvalue weighted by molar-refractivity contribution is 7.89. The molecule has 0 bridgehead atoms. The monoisotopic (exact) mass is 382 g/mol. The minimum Gasteiger partial charge on any atom is -0.455 e. The van der Waals surface area contributed by atoms with Crippen molar-refractivity contribution < 1.29 is 22.7 Å². The SMILES string of the molecule is Cc1ccc(S(=O)(=O)NCC(=O)OCC(=O)NC2CCCCC2)cc1C. The smallest absolute Gasteiger partial charge is 0.321 e. The Balaban J connectivity index is 1.76. The van der Waals surface area contributed by atoms with E-state index in [2.05, 4.69) is 10.0 Å². The Kier molecular flexibility index (Phi) is 7.16. The number of hydrogen-bond acceptors (Lipinski definition) is 5. The second-order valence-electron chi connectivity index (χ2n) is 6.63. The number of esters is 1. The molecule has 1 aromatic rings. The van der Waals surface area contributed by atoms with Gasteiger partial charge in [-0.3, -0.25) is 9.59 Å². The average molecular weight is 382 g/mol. The van der Waals surface area contributed by atoms with Gasteiger partial charge in [-0.05, 0) is 49.9 Å². The molecule has 1 aromatic carbocycles. The predicted molar refractivity (Wildman–Crippen MR) is 97.1 cm³/mol. The average Bonchev–Trinajstić information content (AvgIpc) is 2.61. The number of carbonyl (C=O) groups is 2. The third kappa shape index (κ3) is 6.10. The summed E-state index contributed by atoms with van der Waals surface area (Å²) in [5, 5.41) is 2.83. The molecule has 0 aliphatic heterocycles. The van der Waals surface area contributed by atoms with E-state index in [0.29, 0.717) is 0 Å². The van der Waals surface area contributed by atoms with Crippen LogP contribution in [0.4, 0.5) is 0 Å². The molecule has 8 heteroatoms. The van der Waals surface area contributed by atoms with E-state index in [-0.39, 0.29) is 16.8 Å². The molecule has 0 aromatic heterocycles. The Bertz CT molecular complexity index is 755. The van der Waals surface area contributed by atoms with Crippen molar-refractivity contribution in [2.45, 2.75) is 56.9 Å². The van der Waals surface area contributed by atoms with Crippen molar-refractivity contribution in [2.24, 2.45) is 0 Å². The first-order valence-electron chi connectivity index (χ1n) is 8.80. The van der Waals surface area contributed by atoms with Crippen LogP contribution in [0.5, 0.6) is 0 Å². The predicted octanol–water partition coefficient (Wildman–Crippen LogP) is 1.57. The van der Waals surface area contributed by atoms with Gasteiger partial charge in [0.05, 0.1) is 4.90 Å². The molecule has 0 radical (unpaired) electrons. The van der Waals surface area contributed by atoms with Crippen LogP contribution in [0.3, 0.4) is 0 Å². The van der Waals surface area contributed by atoms with Crippen LogP contribution in [0, 0.1) is 13.8 Å². The van der Waals surface area contributed by atoms with Crippen LogP contribution in [0.25, 0.3) is 0 Å². The van der Waals surface area contributed by atoms with Crippen molar-refractivity contribution in [2.75, 3.05) is 13.2 Å². The lowest BCUT2D eigenvalue weighted by Gasteiger charge is -2.22. The maximum absolute atomic E-state index is 12.2. The minimum atomic E-state index is -3.81. The van der Waals surface area contributed by atoms with Crippen molar-refractivity contribution in [3.63, 3.8) is 0 Å². The van der Waals surface area contributed by atoms with Crippen LogP contribution in [-0.2, 0) is 24.3 Å².